The number of amides is 1. The smallest absolute Gasteiger partial charge is 0.306 e. The van der Waals surface area contributed by atoms with Crippen molar-refractivity contribution in [2.24, 2.45) is 5.14 Å². The number of esters is 1. The van der Waals surface area contributed by atoms with Gasteiger partial charge in [-0.1, -0.05) is 6.07 Å². The van der Waals surface area contributed by atoms with Crippen LogP contribution in [0.1, 0.15) is 25.3 Å². The Bertz CT molecular complexity index is 640. The Balaban J connectivity index is 2.74. The topological polar surface area (TPSA) is 116 Å². The van der Waals surface area contributed by atoms with Gasteiger partial charge in [0.15, 0.2) is 0 Å². The van der Waals surface area contributed by atoms with Crippen molar-refractivity contribution in [2.75, 3.05) is 11.9 Å². The third kappa shape index (κ3) is 5.52. The monoisotopic (exact) mass is 314 g/mol. The highest BCUT2D eigenvalue weighted by molar-refractivity contribution is 7.89. The highest BCUT2D eigenvalue weighted by Gasteiger charge is 2.13. The first-order valence-electron chi connectivity index (χ1n) is 6.33. The highest BCUT2D eigenvalue weighted by Crippen LogP contribution is 2.19. The van der Waals surface area contributed by atoms with Crippen LogP contribution in [0.25, 0.3) is 0 Å². The maximum atomic E-state index is 11.7. The largest absolute Gasteiger partial charge is 0.466 e. The molecule has 8 heteroatoms. The standard InChI is InChI=1S/C13H18N2O5S/c1-3-20-13(17)7-6-12(16)15-11-8-10(21(14,18)19)5-4-9(11)2/h4-5,8H,3,6-7H2,1-2H3,(H,15,16)(H2,14,18,19). The number of rotatable bonds is 6. The van der Waals surface area contributed by atoms with E-state index in [2.05, 4.69) is 5.32 Å². The van der Waals surface area contributed by atoms with Crippen molar-refractivity contribution in [1.29, 1.82) is 0 Å². The fourth-order valence-corrected chi connectivity index (χ4v) is 2.11. The van der Waals surface area contributed by atoms with E-state index in [4.69, 9.17) is 9.88 Å². The van der Waals surface area contributed by atoms with Gasteiger partial charge in [0.1, 0.15) is 0 Å². The third-order valence-electron chi connectivity index (χ3n) is 2.67. The van der Waals surface area contributed by atoms with E-state index >= 15 is 0 Å². The summed E-state index contributed by atoms with van der Waals surface area (Å²) in [7, 11) is -3.84. The molecule has 0 aliphatic rings. The molecular weight excluding hydrogens is 296 g/mol. The van der Waals surface area contributed by atoms with E-state index in [1.165, 1.54) is 12.1 Å². The molecule has 0 saturated carbocycles. The van der Waals surface area contributed by atoms with Crippen LogP contribution < -0.4 is 10.5 Å². The van der Waals surface area contributed by atoms with Gasteiger partial charge in [0.25, 0.3) is 0 Å². The molecule has 116 valence electrons. The summed E-state index contributed by atoms with van der Waals surface area (Å²) in [6.45, 7) is 3.66. The molecule has 1 aromatic rings. The maximum Gasteiger partial charge on any atom is 0.306 e. The minimum atomic E-state index is -3.84. The van der Waals surface area contributed by atoms with Crippen LogP contribution >= 0.6 is 0 Å². The average molecular weight is 314 g/mol. The first kappa shape index (κ1) is 17.1. The zero-order valence-corrected chi connectivity index (χ0v) is 12.7. The number of hydrogen-bond donors (Lipinski definition) is 2. The number of benzene rings is 1. The Hall–Kier alpha value is -1.93. The van der Waals surface area contributed by atoms with E-state index < -0.39 is 21.9 Å². The molecule has 0 atom stereocenters. The van der Waals surface area contributed by atoms with Gasteiger partial charge in [0, 0.05) is 12.1 Å². The number of ether oxygens (including phenoxy) is 1. The van der Waals surface area contributed by atoms with Crippen molar-refractivity contribution < 1.29 is 22.7 Å². The molecule has 21 heavy (non-hydrogen) atoms. The molecule has 0 aromatic heterocycles. The van der Waals surface area contributed by atoms with Gasteiger partial charge in [-0.15, -0.1) is 0 Å². The molecule has 0 radical (unpaired) electrons. The molecule has 0 spiro atoms. The van der Waals surface area contributed by atoms with Gasteiger partial charge in [-0.25, -0.2) is 13.6 Å². The Morgan fingerprint density at radius 2 is 1.95 bits per heavy atom. The SMILES string of the molecule is CCOC(=O)CCC(=O)Nc1cc(S(N)(=O)=O)ccc1C. The second-order valence-electron chi connectivity index (χ2n) is 4.37. The number of carbonyl (C=O) groups is 2. The molecule has 0 fully saturated rings. The van der Waals surface area contributed by atoms with Gasteiger partial charge in [-0.05, 0) is 31.5 Å². The lowest BCUT2D eigenvalue weighted by Crippen LogP contribution is -2.17. The summed E-state index contributed by atoms with van der Waals surface area (Å²) in [6, 6.07) is 4.19. The van der Waals surface area contributed by atoms with E-state index in [9.17, 15) is 18.0 Å². The van der Waals surface area contributed by atoms with E-state index in [0.717, 1.165) is 0 Å². The first-order chi connectivity index (χ1) is 9.74. The zero-order valence-electron chi connectivity index (χ0n) is 11.9. The van der Waals surface area contributed by atoms with Crippen molar-refractivity contribution in [2.45, 2.75) is 31.6 Å². The molecule has 1 aromatic carbocycles. The number of primary sulfonamides is 1. The second kappa shape index (κ2) is 7.19. The van der Waals surface area contributed by atoms with E-state index in [0.29, 0.717) is 11.3 Å². The van der Waals surface area contributed by atoms with E-state index in [1.807, 2.05) is 0 Å². The summed E-state index contributed by atoms with van der Waals surface area (Å²) in [5.41, 5.74) is 1.03. The number of anilines is 1. The number of nitrogens with one attached hydrogen (secondary N) is 1. The van der Waals surface area contributed by atoms with Crippen molar-refractivity contribution in [3.8, 4) is 0 Å². The summed E-state index contributed by atoms with van der Waals surface area (Å²) < 4.78 is 27.3. The fraction of sp³-hybridized carbons (Fsp3) is 0.385. The number of hydrogen-bond acceptors (Lipinski definition) is 5. The van der Waals surface area contributed by atoms with Gasteiger partial charge in [-0.2, -0.15) is 0 Å². The van der Waals surface area contributed by atoms with Crippen LogP contribution in [0.3, 0.4) is 0 Å². The van der Waals surface area contributed by atoms with Gasteiger partial charge < -0.3 is 10.1 Å². The third-order valence-corrected chi connectivity index (χ3v) is 3.58. The molecule has 3 N–H and O–H groups in total. The van der Waals surface area contributed by atoms with Gasteiger partial charge in [-0.3, -0.25) is 9.59 Å². The second-order valence-corrected chi connectivity index (χ2v) is 5.94. The average Bonchev–Trinajstić information content (AvgIpc) is 2.38. The molecule has 1 amide bonds. The number of carbonyl (C=O) groups excluding carboxylic acids is 2. The van der Waals surface area contributed by atoms with Crippen LogP contribution in [0.2, 0.25) is 0 Å². The summed E-state index contributed by atoms with van der Waals surface area (Å²) in [5, 5.41) is 7.59. The van der Waals surface area contributed by atoms with Crippen molar-refractivity contribution >= 4 is 27.6 Å². The molecule has 0 unspecified atom stereocenters. The molecule has 7 nitrogen and oxygen atoms in total. The minimum Gasteiger partial charge on any atom is -0.466 e. The van der Waals surface area contributed by atoms with Crippen molar-refractivity contribution in [3.05, 3.63) is 23.8 Å². The van der Waals surface area contributed by atoms with Crippen LogP contribution in [0, 0.1) is 6.92 Å². The zero-order chi connectivity index (χ0) is 16.0. The summed E-state index contributed by atoms with van der Waals surface area (Å²) in [6.07, 6.45) is -0.0779. The molecule has 0 saturated heterocycles. The quantitative estimate of drug-likeness (QED) is 0.758. The van der Waals surface area contributed by atoms with Crippen molar-refractivity contribution in [1.82, 2.24) is 0 Å². The number of nitrogens with two attached hydrogens (primary N) is 1. The summed E-state index contributed by atoms with van der Waals surface area (Å²) in [4.78, 5) is 22.8. The van der Waals surface area contributed by atoms with Gasteiger partial charge in [0.2, 0.25) is 15.9 Å². The normalized spacial score (nSPS) is 11.0. The fourth-order valence-electron chi connectivity index (χ4n) is 1.57. The van der Waals surface area contributed by atoms with Crippen LogP contribution in [-0.4, -0.2) is 26.9 Å². The van der Waals surface area contributed by atoms with Gasteiger partial charge in [0.05, 0.1) is 17.9 Å². The molecule has 0 aliphatic heterocycles. The van der Waals surface area contributed by atoms with Crippen LogP contribution in [0.4, 0.5) is 5.69 Å². The molecule has 0 aliphatic carbocycles. The number of sulfonamides is 1. The van der Waals surface area contributed by atoms with Crippen LogP contribution in [-0.2, 0) is 24.3 Å². The predicted octanol–water partition coefficient (Wildman–Crippen LogP) is 0.924. The predicted molar refractivity (Wildman–Crippen MR) is 77.0 cm³/mol. The van der Waals surface area contributed by atoms with E-state index in [-0.39, 0.29) is 24.3 Å². The molecule has 0 heterocycles. The van der Waals surface area contributed by atoms with Crippen LogP contribution in [0.15, 0.2) is 23.1 Å². The molecular formula is C13H18N2O5S. The first-order valence-corrected chi connectivity index (χ1v) is 7.87. The number of aryl methyl sites for hydroxylation is 1. The lowest BCUT2D eigenvalue weighted by atomic mass is 10.2. The van der Waals surface area contributed by atoms with E-state index in [1.54, 1.807) is 19.9 Å². The summed E-state index contributed by atoms with van der Waals surface area (Å²) in [5.74, 6) is -0.861. The van der Waals surface area contributed by atoms with Crippen molar-refractivity contribution in [3.63, 3.8) is 0 Å². The maximum absolute atomic E-state index is 11.7. The Labute approximate surface area is 123 Å². The Kier molecular flexibility index (Phi) is 5.86. The van der Waals surface area contributed by atoms with Gasteiger partial charge >= 0.3 is 5.97 Å². The lowest BCUT2D eigenvalue weighted by molar-refractivity contribution is -0.144. The Morgan fingerprint density at radius 3 is 2.52 bits per heavy atom. The van der Waals surface area contributed by atoms with Crippen LogP contribution in [0.5, 0.6) is 0 Å². The molecule has 0 bridgehead atoms. The lowest BCUT2D eigenvalue weighted by Gasteiger charge is -2.10. The highest BCUT2D eigenvalue weighted by atomic mass is 32.2. The Morgan fingerprint density at radius 1 is 1.29 bits per heavy atom. The summed E-state index contributed by atoms with van der Waals surface area (Å²) >= 11 is 0. The molecule has 1 rings (SSSR count). The minimum absolute atomic E-state index is 0.0341.